The second-order valence-electron chi connectivity index (χ2n) is 5.08. The van der Waals surface area contributed by atoms with Crippen LogP contribution in [0.1, 0.15) is 41.0 Å². The Kier molecular flexibility index (Phi) is 3.89. The van der Waals surface area contributed by atoms with Gasteiger partial charge in [-0.25, -0.2) is 0 Å². The summed E-state index contributed by atoms with van der Waals surface area (Å²) in [5.41, 5.74) is 8.10. The zero-order valence-electron chi connectivity index (χ0n) is 11.6. The smallest absolute Gasteiger partial charge is 0.258 e. The van der Waals surface area contributed by atoms with E-state index in [4.69, 9.17) is 18.0 Å². The van der Waals surface area contributed by atoms with E-state index in [-0.39, 0.29) is 11.9 Å². The molecular weight excluding hydrogens is 260 g/mol. The van der Waals surface area contributed by atoms with Crippen molar-refractivity contribution in [3.63, 3.8) is 0 Å². The third kappa shape index (κ3) is 2.49. The number of piperidine rings is 1. The highest BCUT2D eigenvalue weighted by Crippen LogP contribution is 2.22. The number of carbonyl (C=O) groups is 1. The van der Waals surface area contributed by atoms with E-state index in [9.17, 15) is 4.79 Å². The van der Waals surface area contributed by atoms with Gasteiger partial charge in [0.25, 0.3) is 5.91 Å². The van der Waals surface area contributed by atoms with E-state index in [0.29, 0.717) is 17.1 Å². The molecule has 1 aromatic rings. The molecular formula is C13H20N4OS. The molecule has 0 aromatic carbocycles. The summed E-state index contributed by atoms with van der Waals surface area (Å²) < 4.78 is 1.74. The summed E-state index contributed by atoms with van der Waals surface area (Å²) in [4.78, 5) is 14.9. The predicted octanol–water partition coefficient (Wildman–Crippen LogP) is 1.32. The number of aryl methyl sites for hydroxylation is 2. The molecule has 1 aliphatic rings. The number of nitrogens with two attached hydrogens (primary N) is 1. The van der Waals surface area contributed by atoms with Crippen molar-refractivity contribution in [3.05, 3.63) is 17.0 Å². The number of likely N-dealkylation sites (tertiary alicyclic amines) is 1. The average Bonchev–Trinajstić information content (AvgIpc) is 2.62. The topological polar surface area (TPSA) is 64.2 Å². The Morgan fingerprint density at radius 2 is 2.11 bits per heavy atom. The number of carbonyl (C=O) groups excluding carboxylic acids is 1. The molecule has 5 nitrogen and oxygen atoms in total. The lowest BCUT2D eigenvalue weighted by Crippen LogP contribution is -2.50. The zero-order chi connectivity index (χ0) is 14.2. The second kappa shape index (κ2) is 5.28. The van der Waals surface area contributed by atoms with Crippen LogP contribution in [0, 0.1) is 13.8 Å². The maximum absolute atomic E-state index is 12.7. The van der Waals surface area contributed by atoms with E-state index in [0.717, 1.165) is 30.7 Å². The minimum absolute atomic E-state index is 0.000556. The van der Waals surface area contributed by atoms with E-state index in [1.54, 1.807) is 4.68 Å². The molecule has 1 atom stereocenters. The van der Waals surface area contributed by atoms with E-state index in [1.807, 2.05) is 25.8 Å². The first kappa shape index (κ1) is 14.0. The van der Waals surface area contributed by atoms with Crippen molar-refractivity contribution in [1.82, 2.24) is 14.7 Å². The van der Waals surface area contributed by atoms with Crippen LogP contribution in [-0.2, 0) is 7.05 Å². The molecule has 0 saturated carbocycles. The Hall–Kier alpha value is -1.43. The van der Waals surface area contributed by atoms with Gasteiger partial charge in [-0.1, -0.05) is 12.2 Å². The fraction of sp³-hybridized carbons (Fsp3) is 0.615. The van der Waals surface area contributed by atoms with Crippen LogP contribution >= 0.6 is 12.2 Å². The first-order valence-corrected chi connectivity index (χ1v) is 6.94. The molecule has 6 heteroatoms. The SMILES string of the molecule is Cc1nn(C)c(C)c1C(=O)N1CCCCC1C(N)=S. The Morgan fingerprint density at radius 1 is 1.42 bits per heavy atom. The second-order valence-corrected chi connectivity index (χ2v) is 5.55. The van der Waals surface area contributed by atoms with E-state index < -0.39 is 0 Å². The maximum Gasteiger partial charge on any atom is 0.258 e. The van der Waals surface area contributed by atoms with Gasteiger partial charge in [-0.15, -0.1) is 0 Å². The normalized spacial score (nSPS) is 19.5. The first-order valence-electron chi connectivity index (χ1n) is 6.54. The van der Waals surface area contributed by atoms with Crippen LogP contribution in [0.15, 0.2) is 0 Å². The van der Waals surface area contributed by atoms with Crippen molar-refractivity contribution < 1.29 is 4.79 Å². The number of amides is 1. The fourth-order valence-corrected chi connectivity index (χ4v) is 2.94. The van der Waals surface area contributed by atoms with Crippen molar-refractivity contribution in [2.24, 2.45) is 12.8 Å². The molecule has 1 amide bonds. The van der Waals surface area contributed by atoms with Gasteiger partial charge in [0.05, 0.1) is 22.3 Å². The molecule has 104 valence electrons. The molecule has 0 radical (unpaired) electrons. The van der Waals surface area contributed by atoms with Crippen LogP contribution in [0.4, 0.5) is 0 Å². The average molecular weight is 280 g/mol. The largest absolute Gasteiger partial charge is 0.392 e. The molecule has 0 spiro atoms. The van der Waals surface area contributed by atoms with Gasteiger partial charge in [0, 0.05) is 19.3 Å². The maximum atomic E-state index is 12.7. The molecule has 2 N–H and O–H groups in total. The molecule has 1 fully saturated rings. The summed E-state index contributed by atoms with van der Waals surface area (Å²) in [5.74, 6) is 0.000556. The number of aromatic nitrogens is 2. The Labute approximate surface area is 118 Å². The van der Waals surface area contributed by atoms with Crippen molar-refractivity contribution in [2.75, 3.05) is 6.54 Å². The van der Waals surface area contributed by atoms with Crippen molar-refractivity contribution in [1.29, 1.82) is 0 Å². The third-order valence-electron chi connectivity index (χ3n) is 3.81. The quantitative estimate of drug-likeness (QED) is 0.830. The Bertz CT molecular complexity index is 523. The highest BCUT2D eigenvalue weighted by atomic mass is 32.1. The molecule has 1 aliphatic heterocycles. The summed E-state index contributed by atoms with van der Waals surface area (Å²) in [7, 11) is 1.85. The van der Waals surface area contributed by atoms with Gasteiger partial charge in [0.15, 0.2) is 0 Å². The Balaban J connectivity index is 2.34. The molecule has 1 saturated heterocycles. The van der Waals surface area contributed by atoms with E-state index >= 15 is 0 Å². The van der Waals surface area contributed by atoms with Gasteiger partial charge in [-0.05, 0) is 33.1 Å². The van der Waals surface area contributed by atoms with Crippen LogP contribution in [0.25, 0.3) is 0 Å². The molecule has 2 heterocycles. The van der Waals surface area contributed by atoms with Gasteiger partial charge < -0.3 is 10.6 Å². The molecule has 19 heavy (non-hydrogen) atoms. The number of nitrogens with zero attached hydrogens (tertiary/aromatic N) is 3. The standard InChI is InChI=1S/C13H20N4OS/c1-8-11(9(2)16(3)15-8)13(18)17-7-5-4-6-10(17)12(14)19/h10H,4-7H2,1-3H3,(H2,14,19). The van der Waals surface area contributed by atoms with Crippen LogP contribution in [0.2, 0.25) is 0 Å². The summed E-state index contributed by atoms with van der Waals surface area (Å²) in [6.45, 7) is 4.49. The lowest BCUT2D eigenvalue weighted by Gasteiger charge is -2.35. The summed E-state index contributed by atoms with van der Waals surface area (Å²) in [6, 6.07) is -0.116. The zero-order valence-corrected chi connectivity index (χ0v) is 12.5. The third-order valence-corrected chi connectivity index (χ3v) is 4.09. The van der Waals surface area contributed by atoms with Gasteiger partial charge >= 0.3 is 0 Å². The first-order chi connectivity index (χ1) is 8.93. The Morgan fingerprint density at radius 3 is 2.63 bits per heavy atom. The van der Waals surface area contributed by atoms with Crippen molar-refractivity contribution in [3.8, 4) is 0 Å². The lowest BCUT2D eigenvalue weighted by molar-refractivity contribution is 0.0680. The molecule has 1 unspecified atom stereocenters. The minimum Gasteiger partial charge on any atom is -0.392 e. The highest BCUT2D eigenvalue weighted by Gasteiger charge is 2.31. The summed E-state index contributed by atoms with van der Waals surface area (Å²) >= 11 is 5.10. The highest BCUT2D eigenvalue weighted by molar-refractivity contribution is 7.80. The van der Waals surface area contributed by atoms with Crippen molar-refractivity contribution >= 4 is 23.1 Å². The van der Waals surface area contributed by atoms with E-state index in [1.165, 1.54) is 0 Å². The van der Waals surface area contributed by atoms with Gasteiger partial charge in [0.2, 0.25) is 0 Å². The molecule has 1 aromatic heterocycles. The lowest BCUT2D eigenvalue weighted by atomic mass is 10.0. The molecule has 0 bridgehead atoms. The van der Waals surface area contributed by atoms with Crippen LogP contribution in [-0.4, -0.2) is 38.2 Å². The summed E-state index contributed by atoms with van der Waals surface area (Å²) in [5, 5.41) is 4.30. The van der Waals surface area contributed by atoms with Gasteiger partial charge in [-0.2, -0.15) is 5.10 Å². The van der Waals surface area contributed by atoms with E-state index in [2.05, 4.69) is 5.10 Å². The number of hydrogen-bond donors (Lipinski definition) is 1. The predicted molar refractivity (Wildman–Crippen MR) is 78.1 cm³/mol. The number of hydrogen-bond acceptors (Lipinski definition) is 3. The fourth-order valence-electron chi connectivity index (χ4n) is 2.70. The molecule has 2 rings (SSSR count). The number of thiocarbonyl (C=S) groups is 1. The van der Waals surface area contributed by atoms with Crippen molar-refractivity contribution in [2.45, 2.75) is 39.2 Å². The van der Waals surface area contributed by atoms with Crippen LogP contribution in [0.5, 0.6) is 0 Å². The van der Waals surface area contributed by atoms with Gasteiger partial charge in [0.1, 0.15) is 0 Å². The van der Waals surface area contributed by atoms with Crippen LogP contribution in [0.3, 0.4) is 0 Å². The monoisotopic (exact) mass is 280 g/mol. The molecule has 0 aliphatic carbocycles. The van der Waals surface area contributed by atoms with Gasteiger partial charge in [-0.3, -0.25) is 9.48 Å². The summed E-state index contributed by atoms with van der Waals surface area (Å²) in [6.07, 6.45) is 2.93. The van der Waals surface area contributed by atoms with Crippen LogP contribution < -0.4 is 5.73 Å². The number of rotatable bonds is 2. The minimum atomic E-state index is -0.116.